The number of likely N-dealkylation sites (N-methyl/N-ethyl adjacent to an activating group) is 1. The first-order chi connectivity index (χ1) is 8.47. The van der Waals surface area contributed by atoms with E-state index < -0.39 is 0 Å². The van der Waals surface area contributed by atoms with Crippen LogP contribution in [-0.4, -0.2) is 45.2 Å². The van der Waals surface area contributed by atoms with Crippen molar-refractivity contribution in [3.63, 3.8) is 0 Å². The van der Waals surface area contributed by atoms with Crippen molar-refractivity contribution in [2.24, 2.45) is 0 Å². The maximum Gasteiger partial charge on any atom is 0.244 e. The third-order valence-electron chi connectivity index (χ3n) is 2.87. The zero-order chi connectivity index (χ0) is 13.7. The highest BCUT2D eigenvalue weighted by atomic mass is 16.2. The van der Waals surface area contributed by atoms with Crippen molar-refractivity contribution >= 4 is 11.7 Å². The Hall–Kier alpha value is -1.72. The molecule has 100 valence electrons. The summed E-state index contributed by atoms with van der Waals surface area (Å²) in [5.41, 5.74) is 0.971. The van der Waals surface area contributed by atoms with Crippen LogP contribution in [0.15, 0.2) is 0 Å². The fraction of sp³-hybridized carbons (Fsp3) is 0.667. The van der Waals surface area contributed by atoms with Gasteiger partial charge in [-0.25, -0.2) is 4.68 Å². The van der Waals surface area contributed by atoms with E-state index in [-0.39, 0.29) is 18.2 Å². The van der Waals surface area contributed by atoms with Crippen molar-refractivity contribution in [1.82, 2.24) is 19.9 Å². The van der Waals surface area contributed by atoms with Gasteiger partial charge in [-0.05, 0) is 13.3 Å². The van der Waals surface area contributed by atoms with Crippen LogP contribution >= 0.6 is 0 Å². The second-order valence-corrected chi connectivity index (χ2v) is 4.41. The van der Waals surface area contributed by atoms with E-state index in [1.54, 1.807) is 18.9 Å². The number of Topliss-reactive ketones (excluding diaryl/α,β-unsaturated/α-hetero) is 1. The Labute approximate surface area is 107 Å². The summed E-state index contributed by atoms with van der Waals surface area (Å²) in [6.45, 7) is 6.14. The SMILES string of the molecule is CCCCN(C)C(=O)Cn1nnc(C(C)=O)c1C. The van der Waals surface area contributed by atoms with Gasteiger partial charge in [0.2, 0.25) is 5.91 Å². The number of carbonyl (C=O) groups excluding carboxylic acids is 2. The van der Waals surface area contributed by atoms with Crippen LogP contribution in [0.4, 0.5) is 0 Å². The highest BCUT2D eigenvalue weighted by Crippen LogP contribution is 2.05. The normalized spacial score (nSPS) is 10.4. The zero-order valence-corrected chi connectivity index (χ0v) is 11.4. The fourth-order valence-electron chi connectivity index (χ4n) is 1.60. The van der Waals surface area contributed by atoms with Crippen LogP contribution < -0.4 is 0 Å². The van der Waals surface area contributed by atoms with E-state index in [1.165, 1.54) is 11.6 Å². The average molecular weight is 252 g/mol. The van der Waals surface area contributed by atoms with Crippen molar-refractivity contribution in [2.45, 2.75) is 40.2 Å². The van der Waals surface area contributed by atoms with Crippen molar-refractivity contribution < 1.29 is 9.59 Å². The van der Waals surface area contributed by atoms with Crippen LogP contribution in [0.1, 0.15) is 42.9 Å². The van der Waals surface area contributed by atoms with Crippen molar-refractivity contribution in [3.05, 3.63) is 11.4 Å². The van der Waals surface area contributed by atoms with Gasteiger partial charge in [-0.2, -0.15) is 0 Å². The summed E-state index contributed by atoms with van der Waals surface area (Å²) in [6.07, 6.45) is 2.03. The number of hydrogen-bond donors (Lipinski definition) is 0. The Kier molecular flexibility index (Phi) is 5.00. The largest absolute Gasteiger partial charge is 0.344 e. The highest BCUT2D eigenvalue weighted by molar-refractivity contribution is 5.93. The van der Waals surface area contributed by atoms with Crippen LogP contribution in [0.3, 0.4) is 0 Å². The predicted molar refractivity (Wildman–Crippen MR) is 67.3 cm³/mol. The molecule has 0 radical (unpaired) electrons. The minimum absolute atomic E-state index is 0.0217. The molecule has 6 nitrogen and oxygen atoms in total. The second kappa shape index (κ2) is 6.28. The lowest BCUT2D eigenvalue weighted by atomic mass is 10.2. The van der Waals surface area contributed by atoms with Crippen molar-refractivity contribution in [3.8, 4) is 0 Å². The third-order valence-corrected chi connectivity index (χ3v) is 2.87. The number of ketones is 1. The number of hydrogen-bond acceptors (Lipinski definition) is 4. The molecule has 0 aliphatic carbocycles. The van der Waals surface area contributed by atoms with Gasteiger partial charge in [-0.1, -0.05) is 18.6 Å². The Morgan fingerprint density at radius 2 is 2.06 bits per heavy atom. The molecule has 1 amide bonds. The maximum absolute atomic E-state index is 11.9. The minimum Gasteiger partial charge on any atom is -0.344 e. The first kappa shape index (κ1) is 14.3. The van der Waals surface area contributed by atoms with Crippen molar-refractivity contribution in [2.75, 3.05) is 13.6 Å². The van der Waals surface area contributed by atoms with E-state index in [0.29, 0.717) is 11.4 Å². The summed E-state index contributed by atoms with van der Waals surface area (Å²) in [5.74, 6) is -0.155. The molecule has 0 unspecified atom stereocenters. The van der Waals surface area contributed by atoms with Crippen LogP contribution in [0.5, 0.6) is 0 Å². The molecule has 0 spiro atoms. The summed E-state index contributed by atoms with van der Waals surface area (Å²) in [7, 11) is 1.77. The van der Waals surface area contributed by atoms with Gasteiger partial charge in [-0.3, -0.25) is 9.59 Å². The summed E-state index contributed by atoms with van der Waals surface area (Å²) in [4.78, 5) is 24.8. The fourth-order valence-corrected chi connectivity index (χ4v) is 1.60. The quantitative estimate of drug-likeness (QED) is 0.710. The van der Waals surface area contributed by atoms with Crippen molar-refractivity contribution in [1.29, 1.82) is 0 Å². The third kappa shape index (κ3) is 3.38. The van der Waals surface area contributed by atoms with Crippen LogP contribution in [0, 0.1) is 6.92 Å². The van der Waals surface area contributed by atoms with Gasteiger partial charge in [0.05, 0.1) is 5.69 Å². The molecule has 1 aromatic heterocycles. The second-order valence-electron chi connectivity index (χ2n) is 4.41. The summed E-state index contributed by atoms with van der Waals surface area (Å²) in [5, 5.41) is 7.62. The summed E-state index contributed by atoms with van der Waals surface area (Å²) >= 11 is 0. The number of nitrogens with zero attached hydrogens (tertiary/aromatic N) is 4. The molecular formula is C12H20N4O2. The van der Waals surface area contributed by atoms with Gasteiger partial charge in [0.15, 0.2) is 11.5 Å². The van der Waals surface area contributed by atoms with Crippen LogP contribution in [0.25, 0.3) is 0 Å². The van der Waals surface area contributed by atoms with E-state index in [1.807, 2.05) is 0 Å². The molecule has 0 N–H and O–H groups in total. The molecule has 1 heterocycles. The van der Waals surface area contributed by atoms with Gasteiger partial charge in [-0.15, -0.1) is 5.10 Å². The molecule has 0 saturated carbocycles. The molecule has 0 atom stereocenters. The van der Waals surface area contributed by atoms with E-state index in [2.05, 4.69) is 17.2 Å². The number of aromatic nitrogens is 3. The van der Waals surface area contributed by atoms with Crippen LogP contribution in [-0.2, 0) is 11.3 Å². The summed E-state index contributed by atoms with van der Waals surface area (Å²) < 4.78 is 1.47. The van der Waals surface area contributed by atoms with E-state index in [4.69, 9.17) is 0 Å². The average Bonchev–Trinajstić information content (AvgIpc) is 2.68. The Morgan fingerprint density at radius 1 is 1.39 bits per heavy atom. The molecule has 0 bridgehead atoms. The predicted octanol–water partition coefficient (Wildman–Crippen LogP) is 1.05. The lowest BCUT2D eigenvalue weighted by Gasteiger charge is -2.16. The molecule has 1 rings (SSSR count). The number of rotatable bonds is 6. The summed E-state index contributed by atoms with van der Waals surface area (Å²) in [6, 6.07) is 0. The zero-order valence-electron chi connectivity index (χ0n) is 11.4. The number of unbranched alkanes of at least 4 members (excludes halogenated alkanes) is 1. The van der Waals surface area contributed by atoms with Gasteiger partial charge < -0.3 is 4.90 Å². The lowest BCUT2D eigenvalue weighted by molar-refractivity contribution is -0.130. The number of amides is 1. The molecule has 0 aromatic carbocycles. The number of carbonyl (C=O) groups is 2. The molecule has 0 fully saturated rings. The molecule has 0 aliphatic heterocycles. The first-order valence-electron chi connectivity index (χ1n) is 6.12. The van der Waals surface area contributed by atoms with E-state index >= 15 is 0 Å². The Bertz CT molecular complexity index is 439. The van der Waals surface area contributed by atoms with E-state index in [9.17, 15) is 9.59 Å². The van der Waals surface area contributed by atoms with Gasteiger partial charge in [0, 0.05) is 20.5 Å². The topological polar surface area (TPSA) is 68.1 Å². The smallest absolute Gasteiger partial charge is 0.244 e. The highest BCUT2D eigenvalue weighted by Gasteiger charge is 2.16. The van der Waals surface area contributed by atoms with E-state index in [0.717, 1.165) is 19.4 Å². The molecule has 0 saturated heterocycles. The monoisotopic (exact) mass is 252 g/mol. The van der Waals surface area contributed by atoms with Gasteiger partial charge >= 0.3 is 0 Å². The van der Waals surface area contributed by atoms with Gasteiger partial charge in [0.25, 0.3) is 0 Å². The Morgan fingerprint density at radius 3 is 2.56 bits per heavy atom. The first-order valence-corrected chi connectivity index (χ1v) is 6.12. The lowest BCUT2D eigenvalue weighted by Crippen LogP contribution is -2.31. The maximum atomic E-state index is 11.9. The molecule has 18 heavy (non-hydrogen) atoms. The van der Waals surface area contributed by atoms with Crippen LogP contribution in [0.2, 0.25) is 0 Å². The molecule has 1 aromatic rings. The van der Waals surface area contributed by atoms with Gasteiger partial charge in [0.1, 0.15) is 6.54 Å². The molecule has 6 heteroatoms. The molecular weight excluding hydrogens is 232 g/mol. The minimum atomic E-state index is -0.134. The standard InChI is InChI=1S/C12H20N4O2/c1-5-6-7-15(4)11(18)8-16-9(2)12(10(3)17)13-14-16/h5-8H2,1-4H3. The Balaban J connectivity index is 2.67. The molecule has 0 aliphatic rings.